The van der Waals surface area contributed by atoms with Gasteiger partial charge in [0.2, 0.25) is 0 Å². The van der Waals surface area contributed by atoms with Crippen LogP contribution in [-0.2, 0) is 24.1 Å². The highest BCUT2D eigenvalue weighted by Crippen LogP contribution is 2.40. The highest BCUT2D eigenvalue weighted by atomic mass is 35.5. The third-order valence-electron chi connectivity index (χ3n) is 5.53. The van der Waals surface area contributed by atoms with Gasteiger partial charge >= 0.3 is 0 Å². The SMILES string of the molecule is O=c1c2sc3nc(N4CCOCC4)c4c(c3c2ncn1CCCl)CCCC4. The van der Waals surface area contributed by atoms with Crippen LogP contribution in [0.2, 0.25) is 0 Å². The number of morpholine rings is 1. The summed E-state index contributed by atoms with van der Waals surface area (Å²) in [5.41, 5.74) is 3.49. The summed E-state index contributed by atoms with van der Waals surface area (Å²) in [5.74, 6) is 1.49. The normalized spacial score (nSPS) is 17.6. The van der Waals surface area contributed by atoms with Gasteiger partial charge in [0, 0.05) is 30.9 Å². The van der Waals surface area contributed by atoms with E-state index in [9.17, 15) is 4.79 Å². The maximum Gasteiger partial charge on any atom is 0.271 e. The van der Waals surface area contributed by atoms with E-state index in [-0.39, 0.29) is 5.56 Å². The fourth-order valence-corrected chi connectivity index (χ4v) is 5.50. The van der Waals surface area contributed by atoms with Crippen molar-refractivity contribution >= 4 is 49.2 Å². The average Bonchev–Trinajstić information content (AvgIpc) is 3.10. The van der Waals surface area contributed by atoms with Crippen LogP contribution < -0.4 is 10.5 Å². The summed E-state index contributed by atoms with van der Waals surface area (Å²) in [5, 5.41) is 1.09. The summed E-state index contributed by atoms with van der Waals surface area (Å²) in [4.78, 5) is 25.8. The van der Waals surface area contributed by atoms with Gasteiger partial charge in [-0.15, -0.1) is 22.9 Å². The minimum Gasteiger partial charge on any atom is -0.378 e. The van der Waals surface area contributed by atoms with Crippen LogP contribution in [0.4, 0.5) is 5.82 Å². The molecule has 0 aromatic carbocycles. The van der Waals surface area contributed by atoms with E-state index in [4.69, 9.17) is 21.3 Å². The molecule has 1 saturated heterocycles. The van der Waals surface area contributed by atoms with Gasteiger partial charge in [-0.2, -0.15) is 0 Å². The molecule has 3 aromatic heterocycles. The van der Waals surface area contributed by atoms with E-state index >= 15 is 0 Å². The van der Waals surface area contributed by atoms with Gasteiger partial charge in [-0.1, -0.05) is 0 Å². The molecule has 1 aliphatic heterocycles. The summed E-state index contributed by atoms with van der Waals surface area (Å²) in [6.07, 6.45) is 6.07. The number of aryl methyl sites for hydroxylation is 2. The second-order valence-electron chi connectivity index (χ2n) is 7.09. The lowest BCUT2D eigenvalue weighted by Crippen LogP contribution is -2.37. The van der Waals surface area contributed by atoms with Crippen LogP contribution in [0.5, 0.6) is 0 Å². The van der Waals surface area contributed by atoms with Gasteiger partial charge in [-0.05, 0) is 36.8 Å². The van der Waals surface area contributed by atoms with Crippen molar-refractivity contribution in [3.63, 3.8) is 0 Å². The standard InChI is InChI=1S/C19H21ClN4O2S/c20-5-6-24-11-21-15-14-12-3-1-2-4-13(12)17(23-7-9-26-10-8-23)22-18(14)27-16(15)19(24)25/h11H,1-10H2. The lowest BCUT2D eigenvalue weighted by molar-refractivity contribution is 0.122. The minimum atomic E-state index is -0.0128. The number of hydrogen-bond donors (Lipinski definition) is 0. The van der Waals surface area contributed by atoms with Gasteiger partial charge < -0.3 is 9.64 Å². The van der Waals surface area contributed by atoms with E-state index in [1.165, 1.54) is 35.3 Å². The van der Waals surface area contributed by atoms with Gasteiger partial charge in [0.05, 0.1) is 25.1 Å². The molecular formula is C19H21ClN4O2S. The van der Waals surface area contributed by atoms with Crippen LogP contribution in [0.25, 0.3) is 20.4 Å². The summed E-state index contributed by atoms with van der Waals surface area (Å²) in [6, 6.07) is 0. The zero-order chi connectivity index (χ0) is 18.4. The lowest BCUT2D eigenvalue weighted by atomic mass is 9.90. The number of fused-ring (bicyclic) bond motifs is 5. The van der Waals surface area contributed by atoms with E-state index in [0.717, 1.165) is 60.7 Å². The Kier molecular flexibility index (Phi) is 4.53. The van der Waals surface area contributed by atoms with Crippen molar-refractivity contribution in [1.82, 2.24) is 14.5 Å². The van der Waals surface area contributed by atoms with Crippen LogP contribution >= 0.6 is 22.9 Å². The molecule has 2 aliphatic rings. The maximum absolute atomic E-state index is 12.9. The number of anilines is 1. The summed E-state index contributed by atoms with van der Waals surface area (Å²) < 4.78 is 7.81. The molecule has 0 saturated carbocycles. The number of pyridine rings is 1. The van der Waals surface area contributed by atoms with E-state index in [0.29, 0.717) is 17.1 Å². The van der Waals surface area contributed by atoms with Gasteiger partial charge in [-0.25, -0.2) is 9.97 Å². The second-order valence-corrected chi connectivity index (χ2v) is 8.47. The Balaban J connectivity index is 1.78. The van der Waals surface area contributed by atoms with Gasteiger partial charge in [-0.3, -0.25) is 9.36 Å². The van der Waals surface area contributed by atoms with Crippen molar-refractivity contribution in [1.29, 1.82) is 0 Å². The maximum atomic E-state index is 12.9. The van der Waals surface area contributed by atoms with Crippen LogP contribution in [0, 0.1) is 0 Å². The Hall–Kier alpha value is -1.70. The minimum absolute atomic E-state index is 0.0128. The first-order valence-corrected chi connectivity index (χ1v) is 10.8. The number of hydrogen-bond acceptors (Lipinski definition) is 6. The highest BCUT2D eigenvalue weighted by Gasteiger charge is 2.26. The Morgan fingerprint density at radius 3 is 2.74 bits per heavy atom. The summed E-state index contributed by atoms with van der Waals surface area (Å²) >= 11 is 7.30. The highest BCUT2D eigenvalue weighted by molar-refractivity contribution is 7.25. The number of halogens is 1. The first kappa shape index (κ1) is 17.4. The van der Waals surface area contributed by atoms with Gasteiger partial charge in [0.1, 0.15) is 15.3 Å². The molecule has 0 radical (unpaired) electrons. The molecule has 4 heterocycles. The number of thiophene rings is 1. The number of aromatic nitrogens is 3. The van der Waals surface area contributed by atoms with Crippen molar-refractivity contribution in [2.75, 3.05) is 37.1 Å². The number of alkyl halides is 1. The van der Waals surface area contributed by atoms with E-state index in [1.54, 1.807) is 10.9 Å². The van der Waals surface area contributed by atoms with E-state index in [1.807, 2.05) is 0 Å². The molecule has 0 N–H and O–H groups in total. The Bertz CT molecular complexity index is 1070. The predicted molar refractivity (Wildman–Crippen MR) is 110 cm³/mol. The topological polar surface area (TPSA) is 60.3 Å². The van der Waals surface area contributed by atoms with Crippen molar-refractivity contribution in [2.45, 2.75) is 32.2 Å². The number of nitrogens with zero attached hydrogens (tertiary/aromatic N) is 4. The molecule has 5 rings (SSSR count). The average molecular weight is 405 g/mol. The van der Waals surface area contributed by atoms with Crippen molar-refractivity contribution < 1.29 is 4.74 Å². The Morgan fingerprint density at radius 1 is 1.19 bits per heavy atom. The summed E-state index contributed by atoms with van der Waals surface area (Å²) in [7, 11) is 0. The molecule has 0 amide bonds. The number of ether oxygens (including phenoxy) is 1. The summed E-state index contributed by atoms with van der Waals surface area (Å²) in [6.45, 7) is 3.70. The molecule has 1 fully saturated rings. The third kappa shape index (κ3) is 2.83. The second kappa shape index (κ2) is 7.04. The molecule has 0 bridgehead atoms. The molecule has 142 valence electrons. The van der Waals surface area contributed by atoms with Crippen LogP contribution in [0.15, 0.2) is 11.1 Å². The van der Waals surface area contributed by atoms with Crippen LogP contribution in [0.1, 0.15) is 24.0 Å². The van der Waals surface area contributed by atoms with E-state index < -0.39 is 0 Å². The zero-order valence-corrected chi connectivity index (χ0v) is 16.6. The fourth-order valence-electron chi connectivity index (χ4n) is 4.22. The van der Waals surface area contributed by atoms with Gasteiger partial charge in [0.15, 0.2) is 0 Å². The number of rotatable bonds is 3. The predicted octanol–water partition coefficient (Wildman–Crippen LogP) is 2.96. The van der Waals surface area contributed by atoms with Gasteiger partial charge in [0.25, 0.3) is 5.56 Å². The quantitative estimate of drug-likeness (QED) is 0.628. The fraction of sp³-hybridized carbons (Fsp3) is 0.526. The van der Waals surface area contributed by atoms with Crippen LogP contribution in [0.3, 0.4) is 0 Å². The molecule has 27 heavy (non-hydrogen) atoms. The van der Waals surface area contributed by atoms with Crippen molar-refractivity contribution in [3.05, 3.63) is 27.8 Å². The molecule has 8 heteroatoms. The molecule has 0 unspecified atom stereocenters. The van der Waals surface area contributed by atoms with Crippen molar-refractivity contribution in [3.8, 4) is 0 Å². The molecule has 0 spiro atoms. The lowest BCUT2D eigenvalue weighted by Gasteiger charge is -2.31. The molecular weight excluding hydrogens is 384 g/mol. The molecule has 3 aromatic rings. The smallest absolute Gasteiger partial charge is 0.271 e. The first-order valence-electron chi connectivity index (χ1n) is 9.50. The Morgan fingerprint density at radius 2 is 1.96 bits per heavy atom. The van der Waals surface area contributed by atoms with Crippen molar-refractivity contribution in [2.24, 2.45) is 0 Å². The first-order chi connectivity index (χ1) is 13.3. The largest absolute Gasteiger partial charge is 0.378 e. The molecule has 6 nitrogen and oxygen atoms in total. The molecule has 1 aliphatic carbocycles. The Labute approximate surface area is 165 Å². The van der Waals surface area contributed by atoms with E-state index in [2.05, 4.69) is 9.88 Å². The molecule has 0 atom stereocenters. The van der Waals surface area contributed by atoms with Crippen LogP contribution in [-0.4, -0.2) is 46.7 Å². The zero-order valence-electron chi connectivity index (χ0n) is 15.0. The third-order valence-corrected chi connectivity index (χ3v) is 6.76. The monoisotopic (exact) mass is 404 g/mol.